The van der Waals surface area contributed by atoms with E-state index in [0.29, 0.717) is 6.42 Å². The van der Waals surface area contributed by atoms with Crippen molar-refractivity contribution < 1.29 is 13.5 Å². The van der Waals surface area contributed by atoms with E-state index in [0.717, 1.165) is 17.4 Å². The first-order valence-corrected chi connectivity index (χ1v) is 6.84. The Hall–Kier alpha value is -0.870. The number of hydrogen-bond acceptors (Lipinski definition) is 3. The maximum atomic E-state index is 10.9. The summed E-state index contributed by atoms with van der Waals surface area (Å²) in [6.45, 7) is 1.96. The highest BCUT2D eigenvalue weighted by atomic mass is 32.2. The van der Waals surface area contributed by atoms with Gasteiger partial charge in [0, 0.05) is 6.26 Å². The van der Waals surface area contributed by atoms with Crippen molar-refractivity contribution in [2.75, 3.05) is 12.0 Å². The van der Waals surface area contributed by atoms with Crippen LogP contribution in [0.4, 0.5) is 0 Å². The largest absolute Gasteiger partial charge is 0.392 e. The zero-order valence-electron chi connectivity index (χ0n) is 8.97. The molecule has 0 aliphatic rings. The molecule has 0 spiro atoms. The van der Waals surface area contributed by atoms with E-state index in [1.54, 1.807) is 0 Å². The topological polar surface area (TPSA) is 54.4 Å². The molecule has 15 heavy (non-hydrogen) atoms. The third-order valence-electron chi connectivity index (χ3n) is 2.05. The standard InChI is InChI=1S/C11H16O3S/c1-9-4-3-5-10(6-9)7-11(12)8-15(2,13)14/h3-6,11-12H,7-8H2,1-2H3. The molecule has 0 amide bonds. The van der Waals surface area contributed by atoms with Crippen LogP contribution in [-0.2, 0) is 16.3 Å². The van der Waals surface area contributed by atoms with Crippen molar-refractivity contribution in [3.63, 3.8) is 0 Å². The SMILES string of the molecule is Cc1cccc(CC(O)CS(C)(=O)=O)c1. The maximum absolute atomic E-state index is 10.9. The molecule has 0 aromatic heterocycles. The monoisotopic (exact) mass is 228 g/mol. The third-order valence-corrected chi connectivity index (χ3v) is 3.04. The van der Waals surface area contributed by atoms with Gasteiger partial charge >= 0.3 is 0 Å². The Balaban J connectivity index is 2.63. The molecule has 0 heterocycles. The molecule has 1 aromatic carbocycles. The number of hydrogen-bond donors (Lipinski definition) is 1. The fourth-order valence-corrected chi connectivity index (χ4v) is 2.34. The molecule has 1 rings (SSSR count). The van der Waals surface area contributed by atoms with Crippen molar-refractivity contribution in [3.05, 3.63) is 35.4 Å². The molecule has 1 unspecified atom stereocenters. The van der Waals surface area contributed by atoms with Crippen LogP contribution in [0.3, 0.4) is 0 Å². The smallest absolute Gasteiger partial charge is 0.150 e. The van der Waals surface area contributed by atoms with Crippen molar-refractivity contribution in [2.24, 2.45) is 0 Å². The van der Waals surface area contributed by atoms with Crippen LogP contribution in [-0.4, -0.2) is 31.6 Å². The second-order valence-corrected chi connectivity index (χ2v) is 6.12. The summed E-state index contributed by atoms with van der Waals surface area (Å²) >= 11 is 0. The Labute approximate surface area is 90.7 Å². The van der Waals surface area contributed by atoms with Gasteiger partial charge in [0.15, 0.2) is 0 Å². The third kappa shape index (κ3) is 4.95. The lowest BCUT2D eigenvalue weighted by Crippen LogP contribution is -2.22. The van der Waals surface area contributed by atoms with Crippen LogP contribution in [0.1, 0.15) is 11.1 Å². The Kier molecular flexibility index (Phi) is 3.88. The highest BCUT2D eigenvalue weighted by Gasteiger charge is 2.12. The van der Waals surface area contributed by atoms with Gasteiger partial charge in [0.05, 0.1) is 11.9 Å². The number of benzene rings is 1. The molecule has 0 aliphatic heterocycles. The molecular formula is C11H16O3S. The summed E-state index contributed by atoms with van der Waals surface area (Å²) in [5, 5.41) is 9.55. The lowest BCUT2D eigenvalue weighted by Gasteiger charge is -2.09. The number of aliphatic hydroxyl groups excluding tert-OH is 1. The molecule has 84 valence electrons. The van der Waals surface area contributed by atoms with E-state index in [2.05, 4.69) is 0 Å². The minimum atomic E-state index is -3.10. The summed E-state index contributed by atoms with van der Waals surface area (Å²) in [6, 6.07) is 7.70. The normalized spacial score (nSPS) is 13.8. The Morgan fingerprint density at radius 1 is 1.40 bits per heavy atom. The fourth-order valence-electron chi connectivity index (χ4n) is 1.52. The Morgan fingerprint density at radius 2 is 2.07 bits per heavy atom. The average Bonchev–Trinajstić information content (AvgIpc) is 1.99. The molecule has 1 atom stereocenters. The van der Waals surface area contributed by atoms with Gasteiger partial charge in [0.2, 0.25) is 0 Å². The minimum absolute atomic E-state index is 0.180. The molecule has 0 bridgehead atoms. The van der Waals surface area contributed by atoms with Gasteiger partial charge in [0.1, 0.15) is 9.84 Å². The lowest BCUT2D eigenvalue weighted by atomic mass is 10.1. The molecule has 0 radical (unpaired) electrons. The van der Waals surface area contributed by atoms with E-state index in [-0.39, 0.29) is 5.75 Å². The van der Waals surface area contributed by atoms with Gasteiger partial charge in [-0.05, 0) is 18.9 Å². The predicted molar refractivity (Wildman–Crippen MR) is 60.6 cm³/mol. The molecule has 1 aromatic rings. The molecule has 1 N–H and O–H groups in total. The number of aryl methyl sites for hydroxylation is 1. The minimum Gasteiger partial charge on any atom is -0.392 e. The zero-order chi connectivity index (χ0) is 11.5. The van der Waals surface area contributed by atoms with E-state index in [1.165, 1.54) is 0 Å². The molecule has 0 saturated carbocycles. The summed E-state index contributed by atoms with van der Waals surface area (Å²) in [5.74, 6) is -0.180. The first-order chi connectivity index (χ1) is 6.87. The average molecular weight is 228 g/mol. The highest BCUT2D eigenvalue weighted by molar-refractivity contribution is 7.90. The number of rotatable bonds is 4. The van der Waals surface area contributed by atoms with Crippen LogP contribution in [0, 0.1) is 6.92 Å². The first kappa shape index (κ1) is 12.2. The fraction of sp³-hybridized carbons (Fsp3) is 0.455. The quantitative estimate of drug-likeness (QED) is 0.834. The van der Waals surface area contributed by atoms with Crippen LogP contribution in [0.5, 0.6) is 0 Å². The lowest BCUT2D eigenvalue weighted by molar-refractivity contribution is 0.198. The van der Waals surface area contributed by atoms with Crippen LogP contribution in [0.25, 0.3) is 0 Å². The van der Waals surface area contributed by atoms with Gasteiger partial charge in [-0.2, -0.15) is 0 Å². The van der Waals surface area contributed by atoms with Crippen molar-refractivity contribution in [1.82, 2.24) is 0 Å². The van der Waals surface area contributed by atoms with Crippen molar-refractivity contribution in [2.45, 2.75) is 19.4 Å². The molecular weight excluding hydrogens is 212 g/mol. The molecule has 4 heteroatoms. The van der Waals surface area contributed by atoms with Crippen LogP contribution < -0.4 is 0 Å². The van der Waals surface area contributed by atoms with E-state index in [4.69, 9.17) is 0 Å². The van der Waals surface area contributed by atoms with Crippen LogP contribution >= 0.6 is 0 Å². The molecule has 3 nitrogen and oxygen atoms in total. The number of aliphatic hydroxyl groups is 1. The summed E-state index contributed by atoms with van der Waals surface area (Å²) in [4.78, 5) is 0. The first-order valence-electron chi connectivity index (χ1n) is 4.78. The van der Waals surface area contributed by atoms with E-state index in [1.807, 2.05) is 31.2 Å². The van der Waals surface area contributed by atoms with Crippen molar-refractivity contribution in [1.29, 1.82) is 0 Å². The van der Waals surface area contributed by atoms with Gasteiger partial charge in [-0.1, -0.05) is 29.8 Å². The summed E-state index contributed by atoms with van der Waals surface area (Å²) in [5.41, 5.74) is 2.07. The van der Waals surface area contributed by atoms with E-state index in [9.17, 15) is 13.5 Å². The second-order valence-electron chi connectivity index (χ2n) is 3.94. The summed E-state index contributed by atoms with van der Waals surface area (Å²) in [7, 11) is -3.10. The van der Waals surface area contributed by atoms with Gasteiger partial charge in [-0.15, -0.1) is 0 Å². The summed E-state index contributed by atoms with van der Waals surface area (Å²) in [6.07, 6.45) is 0.697. The van der Waals surface area contributed by atoms with Gasteiger partial charge in [0.25, 0.3) is 0 Å². The van der Waals surface area contributed by atoms with Gasteiger partial charge in [-0.3, -0.25) is 0 Å². The number of sulfone groups is 1. The van der Waals surface area contributed by atoms with E-state index >= 15 is 0 Å². The van der Waals surface area contributed by atoms with Crippen molar-refractivity contribution in [3.8, 4) is 0 Å². The molecule has 0 fully saturated rings. The zero-order valence-corrected chi connectivity index (χ0v) is 9.79. The predicted octanol–water partition coefficient (Wildman–Crippen LogP) is 0.943. The highest BCUT2D eigenvalue weighted by Crippen LogP contribution is 2.07. The van der Waals surface area contributed by atoms with Gasteiger partial charge < -0.3 is 5.11 Å². The van der Waals surface area contributed by atoms with E-state index < -0.39 is 15.9 Å². The Bertz CT molecular complexity index is 423. The summed E-state index contributed by atoms with van der Waals surface area (Å²) < 4.78 is 21.9. The van der Waals surface area contributed by atoms with Crippen LogP contribution in [0.2, 0.25) is 0 Å². The Morgan fingerprint density at radius 3 is 2.60 bits per heavy atom. The van der Waals surface area contributed by atoms with Crippen LogP contribution in [0.15, 0.2) is 24.3 Å². The molecule has 0 saturated heterocycles. The second kappa shape index (κ2) is 4.77. The maximum Gasteiger partial charge on any atom is 0.150 e. The van der Waals surface area contributed by atoms with Gasteiger partial charge in [-0.25, -0.2) is 8.42 Å². The van der Waals surface area contributed by atoms with Crippen molar-refractivity contribution >= 4 is 9.84 Å². The molecule has 0 aliphatic carbocycles.